The van der Waals surface area contributed by atoms with Gasteiger partial charge in [0.05, 0.1) is 17.3 Å². The van der Waals surface area contributed by atoms with Gasteiger partial charge in [0.2, 0.25) is 0 Å². The van der Waals surface area contributed by atoms with Crippen LogP contribution < -0.4 is 20.2 Å². The Kier molecular flexibility index (Phi) is 4.01. The van der Waals surface area contributed by atoms with Crippen molar-refractivity contribution in [3.05, 3.63) is 113 Å². The molecular weight excluding hydrogens is 450 g/mol. The van der Waals surface area contributed by atoms with Crippen molar-refractivity contribution < 1.29 is 4.79 Å². The van der Waals surface area contributed by atoms with E-state index in [9.17, 15) is 9.59 Å². The van der Waals surface area contributed by atoms with E-state index in [2.05, 4.69) is 29.6 Å². The number of benzene rings is 2. The molecule has 2 aliphatic heterocycles. The Balaban J connectivity index is 1.57. The monoisotopic (exact) mass is 467 g/mol. The van der Waals surface area contributed by atoms with Crippen LogP contribution in [-0.2, 0) is 11.2 Å². The second-order valence-electron chi connectivity index (χ2n) is 8.32. The molecule has 1 amide bonds. The van der Waals surface area contributed by atoms with Gasteiger partial charge in [0.1, 0.15) is 4.53 Å². The number of amides is 1. The number of nitrogens with zero attached hydrogens (tertiary/aromatic N) is 2. The van der Waals surface area contributed by atoms with E-state index in [1.165, 1.54) is 22.5 Å². The van der Waals surface area contributed by atoms with Gasteiger partial charge in [-0.1, -0.05) is 59.9 Å². The van der Waals surface area contributed by atoms with Crippen molar-refractivity contribution in [3.63, 3.8) is 0 Å². The Morgan fingerprint density at radius 2 is 1.76 bits per heavy atom. The Morgan fingerprint density at radius 1 is 0.939 bits per heavy atom. The van der Waals surface area contributed by atoms with E-state index in [4.69, 9.17) is 4.99 Å². The highest BCUT2D eigenvalue weighted by atomic mass is 32.1. The number of aromatic nitrogens is 1. The summed E-state index contributed by atoms with van der Waals surface area (Å²) in [5, 5.41) is 4.95. The normalized spacial score (nSPS) is 19.9. The number of thiophene rings is 1. The second-order valence-corrected chi connectivity index (χ2v) is 10.3. The summed E-state index contributed by atoms with van der Waals surface area (Å²) in [4.78, 5) is 33.6. The number of rotatable bonds is 1. The lowest BCUT2D eigenvalue weighted by Crippen LogP contribution is -2.39. The summed E-state index contributed by atoms with van der Waals surface area (Å²) in [5.74, 6) is -0.233. The van der Waals surface area contributed by atoms with E-state index in [1.807, 2.05) is 41.8 Å². The summed E-state index contributed by atoms with van der Waals surface area (Å²) in [6.45, 7) is 0. The zero-order valence-electron chi connectivity index (χ0n) is 17.4. The summed E-state index contributed by atoms with van der Waals surface area (Å²) in [5.41, 5.74) is 6.40. The molecule has 1 N–H and O–H groups in total. The third-order valence-corrected chi connectivity index (χ3v) is 8.54. The predicted octanol–water partition coefficient (Wildman–Crippen LogP) is 3.70. The van der Waals surface area contributed by atoms with Crippen molar-refractivity contribution in [2.24, 2.45) is 4.99 Å². The van der Waals surface area contributed by atoms with Gasteiger partial charge in [-0.2, -0.15) is 0 Å². The van der Waals surface area contributed by atoms with Crippen LogP contribution in [0.4, 0.5) is 5.69 Å². The average Bonchev–Trinajstić information content (AvgIpc) is 3.55. The van der Waals surface area contributed by atoms with E-state index in [0.29, 0.717) is 14.9 Å². The molecule has 0 unspecified atom stereocenters. The van der Waals surface area contributed by atoms with Crippen LogP contribution in [0, 0.1) is 0 Å². The van der Waals surface area contributed by atoms with Gasteiger partial charge >= 0.3 is 0 Å². The number of para-hydroxylation sites is 1. The third kappa shape index (κ3) is 2.66. The number of anilines is 1. The molecule has 1 aliphatic carbocycles. The van der Waals surface area contributed by atoms with Gasteiger partial charge in [0, 0.05) is 21.7 Å². The van der Waals surface area contributed by atoms with Crippen molar-refractivity contribution in [3.8, 4) is 0 Å². The number of carbonyl (C=O) groups is 1. The molecule has 33 heavy (non-hydrogen) atoms. The number of fused-ring (bicyclic) bond motifs is 4. The molecule has 0 radical (unpaired) electrons. The van der Waals surface area contributed by atoms with E-state index >= 15 is 0 Å². The molecule has 7 heteroatoms. The summed E-state index contributed by atoms with van der Waals surface area (Å²) < 4.78 is 2.26. The molecule has 2 aromatic heterocycles. The van der Waals surface area contributed by atoms with Crippen LogP contribution in [0.1, 0.15) is 34.0 Å². The number of aryl methyl sites for hydroxylation is 1. The first-order valence-electron chi connectivity index (χ1n) is 10.8. The first-order valence-corrected chi connectivity index (χ1v) is 12.5. The molecule has 3 aliphatic rings. The zero-order chi connectivity index (χ0) is 22.1. The number of hydrogen-bond acceptors (Lipinski definition) is 5. The third-order valence-electron chi connectivity index (χ3n) is 6.56. The maximum absolute atomic E-state index is 13.9. The van der Waals surface area contributed by atoms with Gasteiger partial charge < -0.3 is 5.32 Å². The van der Waals surface area contributed by atoms with Gasteiger partial charge in [-0.3, -0.25) is 14.2 Å². The van der Waals surface area contributed by atoms with Gasteiger partial charge in [0.15, 0.2) is 4.80 Å². The minimum absolute atomic E-state index is 0.149. The quantitative estimate of drug-likeness (QED) is 0.464. The highest BCUT2D eigenvalue weighted by Gasteiger charge is 2.34. The van der Waals surface area contributed by atoms with E-state index in [1.54, 1.807) is 15.9 Å². The van der Waals surface area contributed by atoms with Crippen LogP contribution in [-0.4, -0.2) is 10.5 Å². The summed E-state index contributed by atoms with van der Waals surface area (Å²) >= 11 is 2.97. The predicted molar refractivity (Wildman–Crippen MR) is 131 cm³/mol. The highest BCUT2D eigenvalue weighted by Crippen LogP contribution is 2.42. The van der Waals surface area contributed by atoms with Crippen LogP contribution in [0.25, 0.3) is 11.3 Å². The first kappa shape index (κ1) is 19.0. The smallest absolute Gasteiger partial charge is 0.271 e. The largest absolute Gasteiger partial charge is 0.321 e. The molecule has 1 atom stereocenters. The Bertz CT molecular complexity index is 1690. The lowest BCUT2D eigenvalue weighted by molar-refractivity contribution is -0.110. The fourth-order valence-electron chi connectivity index (χ4n) is 5.11. The zero-order valence-corrected chi connectivity index (χ0v) is 19.0. The number of thiazole rings is 1. The number of allylic oxidation sites excluding steroid dienone is 1. The van der Waals surface area contributed by atoms with Gasteiger partial charge in [-0.05, 0) is 41.5 Å². The topological polar surface area (TPSA) is 63.5 Å². The fourth-order valence-corrected chi connectivity index (χ4v) is 7.06. The van der Waals surface area contributed by atoms with Crippen molar-refractivity contribution >= 4 is 45.5 Å². The average molecular weight is 468 g/mol. The maximum atomic E-state index is 13.9. The van der Waals surface area contributed by atoms with Crippen molar-refractivity contribution in [2.75, 3.05) is 5.32 Å². The van der Waals surface area contributed by atoms with Crippen LogP contribution in [0.3, 0.4) is 0 Å². The molecule has 4 heterocycles. The minimum atomic E-state index is -0.233. The summed E-state index contributed by atoms with van der Waals surface area (Å²) in [6.07, 6.45) is 1.79. The molecule has 160 valence electrons. The molecule has 7 rings (SSSR count). The SMILES string of the molecule is O=C1Nc2ccccc2/C1=c1/sc2n(c1=O)[C@@H](c1cccs1)C1=C(N=2)c2ccccc2CC1. The standard InChI is InChI=1S/C26H17N3O2S2/c30-24-20(16-8-3-4-9-18(16)27-24)23-25(31)29-22(19-10-5-13-32-19)17-12-11-14-6-1-2-7-15(14)21(17)28-26(29)33-23/h1-10,13,22H,11-12H2,(H,27,30)/b23-20-/t22-/m1/s1. The van der Waals surface area contributed by atoms with Gasteiger partial charge in [-0.15, -0.1) is 11.3 Å². The molecule has 4 aromatic rings. The van der Waals surface area contributed by atoms with Crippen molar-refractivity contribution in [2.45, 2.75) is 18.9 Å². The van der Waals surface area contributed by atoms with Crippen LogP contribution in [0.2, 0.25) is 0 Å². The molecule has 0 fully saturated rings. The molecule has 0 saturated heterocycles. The number of carbonyl (C=O) groups excluding carboxylic acids is 1. The van der Waals surface area contributed by atoms with E-state index in [0.717, 1.165) is 40.2 Å². The van der Waals surface area contributed by atoms with Crippen molar-refractivity contribution in [1.82, 2.24) is 4.57 Å². The summed E-state index contributed by atoms with van der Waals surface area (Å²) in [7, 11) is 0. The molecule has 5 nitrogen and oxygen atoms in total. The molecule has 0 spiro atoms. The Labute approximate surface area is 196 Å². The Morgan fingerprint density at radius 3 is 2.61 bits per heavy atom. The lowest BCUT2D eigenvalue weighted by atomic mass is 9.85. The number of hydrogen-bond donors (Lipinski definition) is 1. The van der Waals surface area contributed by atoms with E-state index < -0.39 is 0 Å². The fraction of sp³-hybridized carbons (Fsp3) is 0.115. The van der Waals surface area contributed by atoms with Gasteiger partial charge in [-0.25, -0.2) is 4.99 Å². The second kappa shape index (κ2) is 6.97. The van der Waals surface area contributed by atoms with E-state index in [-0.39, 0.29) is 17.5 Å². The minimum Gasteiger partial charge on any atom is -0.321 e. The van der Waals surface area contributed by atoms with Crippen LogP contribution in [0.5, 0.6) is 0 Å². The molecule has 0 saturated carbocycles. The highest BCUT2D eigenvalue weighted by molar-refractivity contribution is 7.10. The van der Waals surface area contributed by atoms with Crippen molar-refractivity contribution in [1.29, 1.82) is 0 Å². The summed E-state index contributed by atoms with van der Waals surface area (Å²) in [6, 6.07) is 19.8. The lowest BCUT2D eigenvalue weighted by Gasteiger charge is -2.30. The van der Waals surface area contributed by atoms with Crippen LogP contribution >= 0.6 is 22.7 Å². The molecule has 2 aromatic carbocycles. The van der Waals surface area contributed by atoms with Crippen LogP contribution in [0.15, 0.2) is 81.4 Å². The maximum Gasteiger partial charge on any atom is 0.271 e. The first-order chi connectivity index (χ1) is 16.2. The van der Waals surface area contributed by atoms with Gasteiger partial charge in [0.25, 0.3) is 11.5 Å². The molecular formula is C26H17N3O2S2. The number of nitrogens with one attached hydrogen (secondary N) is 1. The molecule has 0 bridgehead atoms. The Hall–Kier alpha value is -3.55.